The van der Waals surface area contributed by atoms with Gasteiger partial charge in [0.05, 0.1) is 11.4 Å². The lowest BCUT2D eigenvalue weighted by Gasteiger charge is -2.12. The smallest absolute Gasteiger partial charge is 0.102 e. The number of fused-ring (bicyclic) bond motifs is 1. The Kier molecular flexibility index (Phi) is 5.76. The van der Waals surface area contributed by atoms with E-state index in [2.05, 4.69) is 61.9 Å². The number of nitrogens with zero attached hydrogens (tertiary/aromatic N) is 4. The van der Waals surface area contributed by atoms with Crippen molar-refractivity contribution in [3.8, 4) is 0 Å². The first kappa shape index (κ1) is 19.0. The number of benzene rings is 3. The molecule has 132 valence electrons. The van der Waals surface area contributed by atoms with E-state index in [4.69, 9.17) is 0 Å². The number of hydrogen-bond acceptors (Lipinski definition) is 6. The minimum Gasteiger partial charge on any atom is -0.192 e. The zero-order chi connectivity index (χ0) is 18.8. The maximum atomic E-state index is 4.58. The lowest BCUT2D eigenvalue weighted by atomic mass is 9.98. The van der Waals surface area contributed by atoms with Crippen LogP contribution in [-0.4, -0.2) is 7.05 Å². The van der Waals surface area contributed by atoms with Crippen LogP contribution in [0.25, 0.3) is 10.8 Å². The molecule has 1 atom stereocenters. The maximum absolute atomic E-state index is 4.58. The molecule has 0 aliphatic rings. The summed E-state index contributed by atoms with van der Waals surface area (Å²) in [7, 11) is 4.30. The monoisotopic (exact) mass is 398 g/mol. The van der Waals surface area contributed by atoms with Crippen molar-refractivity contribution < 1.29 is 0 Å². The molecular weight excluding hydrogens is 379 g/mol. The molecule has 3 aromatic carbocycles. The summed E-state index contributed by atoms with van der Waals surface area (Å²) >= 11 is 9.06. The van der Waals surface area contributed by atoms with Gasteiger partial charge in [-0.1, -0.05) is 12.1 Å². The van der Waals surface area contributed by atoms with E-state index in [1.165, 1.54) is 0 Å². The van der Waals surface area contributed by atoms with E-state index in [-0.39, 0.29) is 0 Å². The lowest BCUT2D eigenvalue weighted by Crippen LogP contribution is -1.88. The summed E-state index contributed by atoms with van der Waals surface area (Å²) in [5.74, 6) is 0. The highest BCUT2D eigenvalue weighted by Gasteiger charge is 2.13. The minimum atomic E-state index is 0.729. The number of hydrogen-bond donors (Lipinski definition) is 2. The van der Waals surface area contributed by atoms with Crippen LogP contribution in [0.2, 0.25) is 0 Å². The third-order valence-electron chi connectivity index (χ3n) is 4.15. The van der Waals surface area contributed by atoms with E-state index in [9.17, 15) is 0 Å². The van der Waals surface area contributed by atoms with Gasteiger partial charge in [-0.05, 0) is 59.9 Å². The molecule has 0 bridgehead atoms. The van der Waals surface area contributed by atoms with E-state index in [1.54, 1.807) is 7.05 Å². The van der Waals surface area contributed by atoms with Gasteiger partial charge in [0.25, 0.3) is 0 Å². The summed E-state index contributed by atoms with van der Waals surface area (Å²) in [6.07, 6.45) is 0. The fourth-order valence-electron chi connectivity index (χ4n) is 2.92. The van der Waals surface area contributed by atoms with Gasteiger partial charge in [0.2, 0.25) is 0 Å². The Morgan fingerprint density at radius 2 is 1.54 bits per heavy atom. The summed E-state index contributed by atoms with van der Waals surface area (Å²) in [5.41, 5.74) is 4.49. The Hall–Kier alpha value is -1.75. The molecule has 26 heavy (non-hydrogen) atoms. The first-order valence-electron chi connectivity index (χ1n) is 7.98. The molecule has 0 spiro atoms. The fourth-order valence-corrected chi connectivity index (χ4v) is 3.94. The topological polar surface area (TPSA) is 49.4 Å². The first-order chi connectivity index (χ1) is 12.4. The van der Waals surface area contributed by atoms with Crippen LogP contribution in [0.15, 0.2) is 66.6 Å². The Balaban J connectivity index is 2.18. The van der Waals surface area contributed by atoms with Crippen LogP contribution in [0.3, 0.4) is 0 Å². The molecule has 0 aliphatic carbocycles. The van der Waals surface area contributed by atoms with Crippen molar-refractivity contribution in [1.82, 2.24) is 0 Å². The second-order valence-electron chi connectivity index (χ2n) is 5.94. The van der Waals surface area contributed by atoms with Gasteiger partial charge in [-0.3, -0.25) is 0 Å². The molecule has 3 rings (SSSR count). The minimum absolute atomic E-state index is 0.729. The molecule has 0 aromatic heterocycles. The van der Waals surface area contributed by atoms with Crippen LogP contribution in [-0.2, 0) is 0 Å². The van der Waals surface area contributed by atoms with Gasteiger partial charge in [-0.15, -0.1) is 44.7 Å². The molecule has 0 radical (unpaired) electrons. The van der Waals surface area contributed by atoms with E-state index in [0.29, 0.717) is 0 Å². The highest BCUT2D eigenvalue weighted by molar-refractivity contribution is 7.80. The van der Waals surface area contributed by atoms with E-state index >= 15 is 0 Å². The molecule has 0 saturated heterocycles. The van der Waals surface area contributed by atoms with Crippen molar-refractivity contribution in [3.63, 3.8) is 0 Å². The van der Waals surface area contributed by atoms with E-state index in [0.717, 1.165) is 54.1 Å². The molecule has 1 unspecified atom stereocenters. The van der Waals surface area contributed by atoms with Crippen molar-refractivity contribution in [1.29, 1.82) is 0 Å². The Labute approximate surface area is 166 Å². The second kappa shape index (κ2) is 7.87. The van der Waals surface area contributed by atoms with Gasteiger partial charge >= 0.3 is 0 Å². The number of azo groups is 2. The van der Waals surface area contributed by atoms with Gasteiger partial charge in [0.1, 0.15) is 5.69 Å². The van der Waals surface area contributed by atoms with E-state index < -0.39 is 0 Å². The number of thiol groups is 2. The van der Waals surface area contributed by atoms with Gasteiger partial charge in [0, 0.05) is 22.2 Å². The summed E-state index contributed by atoms with van der Waals surface area (Å²) < 4.78 is 0. The van der Waals surface area contributed by atoms with Crippen LogP contribution in [0, 0.1) is 13.8 Å². The molecule has 0 aliphatic heterocycles. The SMILES string of the molecule is CN=Nc1c(S)cc2c(N=Nc3ccc(P)cc3S)ccc(C)c2c1C. The normalized spacial score (nSPS) is 11.9. The van der Waals surface area contributed by atoms with Gasteiger partial charge in [0.15, 0.2) is 0 Å². The van der Waals surface area contributed by atoms with Crippen molar-refractivity contribution in [2.45, 2.75) is 23.6 Å². The van der Waals surface area contributed by atoms with Crippen LogP contribution >= 0.6 is 34.5 Å². The Bertz CT molecular complexity index is 1060. The van der Waals surface area contributed by atoms with Crippen molar-refractivity contribution in [3.05, 3.63) is 47.5 Å². The third kappa shape index (κ3) is 3.68. The molecule has 7 heteroatoms. The maximum Gasteiger partial charge on any atom is 0.102 e. The van der Waals surface area contributed by atoms with Gasteiger partial charge in [-0.2, -0.15) is 10.2 Å². The Morgan fingerprint density at radius 1 is 0.846 bits per heavy atom. The molecule has 0 fully saturated rings. The molecule has 4 nitrogen and oxygen atoms in total. The van der Waals surface area contributed by atoms with Gasteiger partial charge < -0.3 is 0 Å². The molecule has 0 N–H and O–H groups in total. The summed E-state index contributed by atoms with van der Waals surface area (Å²) in [5, 5.41) is 20.1. The first-order valence-corrected chi connectivity index (χ1v) is 9.45. The molecule has 0 amide bonds. The molecular formula is C19H19N4PS2. The number of aryl methyl sites for hydroxylation is 2. The number of rotatable bonds is 3. The summed E-state index contributed by atoms with van der Waals surface area (Å²) in [6, 6.07) is 11.8. The largest absolute Gasteiger partial charge is 0.192 e. The predicted octanol–water partition coefficient (Wildman–Crippen LogP) is 6.66. The van der Waals surface area contributed by atoms with Crippen LogP contribution in [0.1, 0.15) is 11.1 Å². The van der Waals surface area contributed by atoms with Crippen LogP contribution in [0.4, 0.5) is 17.1 Å². The van der Waals surface area contributed by atoms with Crippen LogP contribution in [0.5, 0.6) is 0 Å². The summed E-state index contributed by atoms with van der Waals surface area (Å²) in [6.45, 7) is 4.11. The van der Waals surface area contributed by atoms with Crippen molar-refractivity contribution in [2.24, 2.45) is 20.5 Å². The second-order valence-corrected chi connectivity index (χ2v) is 7.57. The molecule has 3 aromatic rings. The quantitative estimate of drug-likeness (QED) is 0.281. The van der Waals surface area contributed by atoms with Gasteiger partial charge in [-0.25, -0.2) is 0 Å². The standard InChI is InChI=1S/C19H19N4PS2/c1-10-4-6-14(21-22-15-7-5-12(24)8-16(15)25)13-9-17(26)19(23-20-3)11(2)18(10)13/h4-9,25-26H,24H2,1-3H3. The lowest BCUT2D eigenvalue weighted by molar-refractivity contribution is 1.13. The fraction of sp³-hybridized carbons (Fsp3) is 0.158. The summed E-state index contributed by atoms with van der Waals surface area (Å²) in [4.78, 5) is 1.55. The zero-order valence-electron chi connectivity index (χ0n) is 14.7. The zero-order valence-corrected chi connectivity index (χ0v) is 17.7. The predicted molar refractivity (Wildman–Crippen MR) is 118 cm³/mol. The van der Waals surface area contributed by atoms with Crippen molar-refractivity contribution in [2.75, 3.05) is 7.05 Å². The average molecular weight is 398 g/mol. The Morgan fingerprint density at radius 3 is 2.23 bits per heavy atom. The average Bonchev–Trinajstić information content (AvgIpc) is 2.59. The molecule has 0 saturated carbocycles. The highest BCUT2D eigenvalue weighted by atomic mass is 32.1. The van der Waals surface area contributed by atoms with Crippen molar-refractivity contribution >= 4 is 67.6 Å². The highest BCUT2D eigenvalue weighted by Crippen LogP contribution is 2.40. The van der Waals surface area contributed by atoms with E-state index in [1.807, 2.05) is 43.3 Å². The third-order valence-corrected chi connectivity index (χ3v) is 5.21. The van der Waals surface area contributed by atoms with Crippen LogP contribution < -0.4 is 5.30 Å². The molecule has 0 heterocycles.